The van der Waals surface area contributed by atoms with Gasteiger partial charge in [0.1, 0.15) is 0 Å². The van der Waals surface area contributed by atoms with E-state index >= 15 is 0 Å². The number of hydrogen-bond donors (Lipinski definition) is 2. The molecule has 0 bridgehead atoms. The van der Waals surface area contributed by atoms with Gasteiger partial charge in [0.05, 0.1) is 6.04 Å². The number of rotatable bonds is 5. The summed E-state index contributed by atoms with van der Waals surface area (Å²) in [6, 6.07) is 3.45. The van der Waals surface area contributed by atoms with E-state index in [-0.39, 0.29) is 11.8 Å². The second-order valence-electron chi connectivity index (χ2n) is 4.44. The molecule has 3 N–H and O–H groups in total. The summed E-state index contributed by atoms with van der Waals surface area (Å²) < 4.78 is 0. The summed E-state index contributed by atoms with van der Waals surface area (Å²) in [5.41, 5.74) is 7.79. The third kappa shape index (κ3) is 4.15. The van der Waals surface area contributed by atoms with Gasteiger partial charge in [-0.05, 0) is 24.5 Å². The molecule has 17 heavy (non-hydrogen) atoms. The number of pyridine rings is 1. The van der Waals surface area contributed by atoms with E-state index in [1.54, 1.807) is 6.20 Å². The van der Waals surface area contributed by atoms with Gasteiger partial charge in [-0.3, -0.25) is 9.78 Å². The van der Waals surface area contributed by atoms with Gasteiger partial charge in [-0.1, -0.05) is 26.3 Å². The number of carbonyl (C=O) groups is 1. The molecule has 0 radical (unpaired) electrons. The zero-order chi connectivity index (χ0) is 12.8. The van der Waals surface area contributed by atoms with Crippen molar-refractivity contribution < 1.29 is 4.79 Å². The SMILES string of the molecule is CC[C@H](C)[C@H](N)C(=O)NCc1ccc(C)nc1. The zero-order valence-corrected chi connectivity index (χ0v) is 10.7. The van der Waals surface area contributed by atoms with Crippen molar-refractivity contribution >= 4 is 5.91 Å². The third-order valence-corrected chi connectivity index (χ3v) is 3.00. The molecule has 0 aromatic carbocycles. The van der Waals surface area contributed by atoms with Crippen molar-refractivity contribution in [3.8, 4) is 0 Å². The largest absolute Gasteiger partial charge is 0.351 e. The molecule has 0 aliphatic rings. The van der Waals surface area contributed by atoms with Gasteiger partial charge < -0.3 is 11.1 Å². The molecule has 4 heteroatoms. The molecule has 1 amide bonds. The molecular formula is C13H21N3O. The van der Waals surface area contributed by atoms with Gasteiger partial charge in [0.15, 0.2) is 0 Å². The average molecular weight is 235 g/mol. The Hall–Kier alpha value is -1.42. The number of carbonyl (C=O) groups excluding carboxylic acids is 1. The van der Waals surface area contributed by atoms with Crippen LogP contribution in [0.5, 0.6) is 0 Å². The highest BCUT2D eigenvalue weighted by Gasteiger charge is 2.18. The number of hydrogen-bond acceptors (Lipinski definition) is 3. The standard InChI is InChI=1S/C13H21N3O/c1-4-9(2)12(14)13(17)16-8-11-6-5-10(3)15-7-11/h5-7,9,12H,4,8,14H2,1-3H3,(H,16,17)/t9-,12-/m0/s1. The Bertz CT molecular complexity index is 361. The normalized spacial score (nSPS) is 14.1. The maximum atomic E-state index is 11.7. The number of aryl methyl sites for hydroxylation is 1. The molecule has 0 fully saturated rings. The van der Waals surface area contributed by atoms with Crippen LogP contribution >= 0.6 is 0 Å². The quantitative estimate of drug-likeness (QED) is 0.810. The van der Waals surface area contributed by atoms with Gasteiger partial charge in [0.25, 0.3) is 0 Å². The van der Waals surface area contributed by atoms with E-state index in [1.807, 2.05) is 32.9 Å². The van der Waals surface area contributed by atoms with E-state index in [0.717, 1.165) is 17.7 Å². The van der Waals surface area contributed by atoms with Crippen molar-refractivity contribution in [2.24, 2.45) is 11.7 Å². The van der Waals surface area contributed by atoms with Crippen LogP contribution in [0.25, 0.3) is 0 Å². The van der Waals surface area contributed by atoms with Crippen LogP contribution in [0.4, 0.5) is 0 Å². The summed E-state index contributed by atoms with van der Waals surface area (Å²) in [6.07, 6.45) is 2.67. The summed E-state index contributed by atoms with van der Waals surface area (Å²) >= 11 is 0. The minimum atomic E-state index is -0.432. The number of nitrogens with two attached hydrogens (primary N) is 1. The van der Waals surface area contributed by atoms with Gasteiger partial charge in [0, 0.05) is 18.4 Å². The predicted octanol–water partition coefficient (Wildman–Crippen LogP) is 1.38. The molecule has 1 heterocycles. The molecule has 0 aliphatic carbocycles. The highest BCUT2D eigenvalue weighted by molar-refractivity contribution is 5.81. The first-order chi connectivity index (χ1) is 8.04. The molecule has 0 spiro atoms. The summed E-state index contributed by atoms with van der Waals surface area (Å²) in [6.45, 7) is 6.43. The van der Waals surface area contributed by atoms with Crippen molar-refractivity contribution in [2.45, 2.75) is 39.8 Å². The Kier molecular flexibility index (Phi) is 5.10. The van der Waals surface area contributed by atoms with E-state index < -0.39 is 6.04 Å². The Labute approximate surface area is 103 Å². The fraction of sp³-hybridized carbons (Fsp3) is 0.538. The molecule has 4 nitrogen and oxygen atoms in total. The van der Waals surface area contributed by atoms with E-state index in [1.165, 1.54) is 0 Å². The highest BCUT2D eigenvalue weighted by Crippen LogP contribution is 2.05. The maximum absolute atomic E-state index is 11.7. The molecule has 1 aromatic heterocycles. The van der Waals surface area contributed by atoms with Crippen molar-refractivity contribution in [1.29, 1.82) is 0 Å². The number of nitrogens with zero attached hydrogens (tertiary/aromatic N) is 1. The minimum Gasteiger partial charge on any atom is -0.351 e. The molecule has 0 aliphatic heterocycles. The topological polar surface area (TPSA) is 68.0 Å². The fourth-order valence-corrected chi connectivity index (χ4v) is 1.42. The van der Waals surface area contributed by atoms with Crippen molar-refractivity contribution in [2.75, 3.05) is 0 Å². The number of nitrogens with one attached hydrogen (secondary N) is 1. The Morgan fingerprint density at radius 1 is 1.53 bits per heavy atom. The monoisotopic (exact) mass is 235 g/mol. The fourth-order valence-electron chi connectivity index (χ4n) is 1.42. The highest BCUT2D eigenvalue weighted by atomic mass is 16.2. The number of amides is 1. The molecule has 94 valence electrons. The van der Waals surface area contributed by atoms with Crippen LogP contribution in [0.3, 0.4) is 0 Å². The lowest BCUT2D eigenvalue weighted by atomic mass is 9.99. The third-order valence-electron chi connectivity index (χ3n) is 3.00. The Morgan fingerprint density at radius 2 is 2.24 bits per heavy atom. The first-order valence-corrected chi connectivity index (χ1v) is 5.99. The van der Waals surface area contributed by atoms with Crippen molar-refractivity contribution in [1.82, 2.24) is 10.3 Å². The molecule has 0 saturated carbocycles. The van der Waals surface area contributed by atoms with Crippen LogP contribution in [0.2, 0.25) is 0 Å². The van der Waals surface area contributed by atoms with Crippen LogP contribution in [-0.4, -0.2) is 16.9 Å². The first-order valence-electron chi connectivity index (χ1n) is 5.99. The van der Waals surface area contributed by atoms with E-state index in [4.69, 9.17) is 5.73 Å². The molecular weight excluding hydrogens is 214 g/mol. The van der Waals surface area contributed by atoms with E-state index in [9.17, 15) is 4.79 Å². The predicted molar refractivity (Wildman–Crippen MR) is 68.3 cm³/mol. The second kappa shape index (κ2) is 6.35. The minimum absolute atomic E-state index is 0.0973. The average Bonchev–Trinajstić information content (AvgIpc) is 2.35. The van der Waals surface area contributed by atoms with Gasteiger partial charge in [-0.15, -0.1) is 0 Å². The molecule has 0 unspecified atom stereocenters. The van der Waals surface area contributed by atoms with E-state index in [0.29, 0.717) is 6.54 Å². The van der Waals surface area contributed by atoms with Gasteiger partial charge >= 0.3 is 0 Å². The smallest absolute Gasteiger partial charge is 0.237 e. The van der Waals surface area contributed by atoms with Gasteiger partial charge in [-0.25, -0.2) is 0 Å². The maximum Gasteiger partial charge on any atom is 0.237 e. The molecule has 1 aromatic rings. The lowest BCUT2D eigenvalue weighted by Gasteiger charge is -2.17. The summed E-state index contributed by atoms with van der Waals surface area (Å²) in [5.74, 6) is 0.103. The van der Waals surface area contributed by atoms with Crippen LogP contribution in [0.1, 0.15) is 31.5 Å². The molecule has 0 saturated heterocycles. The lowest BCUT2D eigenvalue weighted by molar-refractivity contribution is -0.123. The van der Waals surface area contributed by atoms with Crippen LogP contribution in [-0.2, 0) is 11.3 Å². The van der Waals surface area contributed by atoms with Crippen LogP contribution in [0, 0.1) is 12.8 Å². The first kappa shape index (κ1) is 13.6. The molecule has 2 atom stereocenters. The number of aromatic nitrogens is 1. The summed E-state index contributed by atoms with van der Waals surface area (Å²) in [7, 11) is 0. The Balaban J connectivity index is 2.45. The van der Waals surface area contributed by atoms with Crippen LogP contribution in [0.15, 0.2) is 18.3 Å². The van der Waals surface area contributed by atoms with E-state index in [2.05, 4.69) is 10.3 Å². The Morgan fingerprint density at radius 3 is 2.76 bits per heavy atom. The zero-order valence-electron chi connectivity index (χ0n) is 10.7. The second-order valence-corrected chi connectivity index (χ2v) is 4.44. The van der Waals surface area contributed by atoms with Gasteiger partial charge in [0.2, 0.25) is 5.91 Å². The summed E-state index contributed by atoms with van der Waals surface area (Å²) in [4.78, 5) is 15.9. The van der Waals surface area contributed by atoms with Crippen molar-refractivity contribution in [3.05, 3.63) is 29.6 Å². The summed E-state index contributed by atoms with van der Waals surface area (Å²) in [5, 5.41) is 2.83. The van der Waals surface area contributed by atoms with Crippen LogP contribution < -0.4 is 11.1 Å². The lowest BCUT2D eigenvalue weighted by Crippen LogP contribution is -2.44. The van der Waals surface area contributed by atoms with Crippen molar-refractivity contribution in [3.63, 3.8) is 0 Å². The van der Waals surface area contributed by atoms with Gasteiger partial charge in [-0.2, -0.15) is 0 Å². The molecule has 1 rings (SSSR count).